The van der Waals surface area contributed by atoms with Crippen LogP contribution in [0.4, 0.5) is 0 Å². The van der Waals surface area contributed by atoms with Crippen LogP contribution >= 0.6 is 0 Å². The summed E-state index contributed by atoms with van der Waals surface area (Å²) in [5.74, 6) is 5.33. The SMILES string of the molecule is COCCN(Cc1ccc(C(=O)NN)cn1)CC(C)C. The number of aromatic nitrogens is 1. The first-order valence-corrected chi connectivity index (χ1v) is 6.74. The van der Waals surface area contributed by atoms with Crippen LogP contribution in [0.15, 0.2) is 18.3 Å². The first-order valence-electron chi connectivity index (χ1n) is 6.74. The van der Waals surface area contributed by atoms with Gasteiger partial charge in [0.1, 0.15) is 0 Å². The first kappa shape index (κ1) is 16.6. The Balaban J connectivity index is 2.65. The minimum Gasteiger partial charge on any atom is -0.383 e. The van der Waals surface area contributed by atoms with Gasteiger partial charge in [-0.25, -0.2) is 5.84 Å². The molecule has 20 heavy (non-hydrogen) atoms. The van der Waals surface area contributed by atoms with E-state index in [2.05, 4.69) is 29.2 Å². The minimum atomic E-state index is -0.331. The molecule has 0 saturated heterocycles. The highest BCUT2D eigenvalue weighted by atomic mass is 16.5. The fraction of sp³-hybridized carbons (Fsp3) is 0.571. The molecule has 1 amide bonds. The Hall–Kier alpha value is -1.50. The summed E-state index contributed by atoms with van der Waals surface area (Å²) in [6, 6.07) is 3.58. The Kier molecular flexibility index (Phi) is 7.14. The average molecular weight is 280 g/mol. The van der Waals surface area contributed by atoms with Gasteiger partial charge >= 0.3 is 0 Å². The number of hydrogen-bond acceptors (Lipinski definition) is 5. The second-order valence-electron chi connectivity index (χ2n) is 5.13. The third kappa shape index (κ3) is 5.64. The summed E-state index contributed by atoms with van der Waals surface area (Å²) < 4.78 is 5.13. The van der Waals surface area contributed by atoms with Gasteiger partial charge in [0.25, 0.3) is 5.91 Å². The van der Waals surface area contributed by atoms with E-state index in [1.807, 2.05) is 6.07 Å². The van der Waals surface area contributed by atoms with E-state index in [0.29, 0.717) is 18.1 Å². The summed E-state index contributed by atoms with van der Waals surface area (Å²) in [5, 5.41) is 0. The second-order valence-corrected chi connectivity index (χ2v) is 5.13. The summed E-state index contributed by atoms with van der Waals surface area (Å²) in [6.45, 7) is 7.65. The van der Waals surface area contributed by atoms with Gasteiger partial charge in [0.15, 0.2) is 0 Å². The van der Waals surface area contributed by atoms with Crippen molar-refractivity contribution >= 4 is 5.91 Å². The molecule has 0 aliphatic rings. The van der Waals surface area contributed by atoms with E-state index in [9.17, 15) is 4.79 Å². The predicted octanol–water partition coefficient (Wildman–Crippen LogP) is 0.790. The van der Waals surface area contributed by atoms with Crippen molar-refractivity contribution < 1.29 is 9.53 Å². The molecule has 6 nitrogen and oxygen atoms in total. The van der Waals surface area contributed by atoms with Gasteiger partial charge in [0.05, 0.1) is 17.9 Å². The zero-order chi connectivity index (χ0) is 15.0. The first-order chi connectivity index (χ1) is 9.56. The standard InChI is InChI=1S/C14H24N4O2/c1-11(2)9-18(6-7-20-3)10-13-5-4-12(8-16-13)14(19)17-15/h4-5,8,11H,6-7,9-10,15H2,1-3H3,(H,17,19). The maximum atomic E-state index is 11.3. The number of carbonyl (C=O) groups excluding carboxylic acids is 1. The molecule has 112 valence electrons. The monoisotopic (exact) mass is 280 g/mol. The average Bonchev–Trinajstić information content (AvgIpc) is 2.44. The molecule has 0 aromatic carbocycles. The molecule has 3 N–H and O–H groups in total. The van der Waals surface area contributed by atoms with Crippen LogP contribution in [-0.4, -0.2) is 42.6 Å². The van der Waals surface area contributed by atoms with E-state index in [-0.39, 0.29) is 5.91 Å². The van der Waals surface area contributed by atoms with Crippen LogP contribution in [-0.2, 0) is 11.3 Å². The van der Waals surface area contributed by atoms with Crippen LogP contribution < -0.4 is 11.3 Å². The van der Waals surface area contributed by atoms with Gasteiger partial charge < -0.3 is 4.74 Å². The Bertz CT molecular complexity index is 406. The van der Waals surface area contributed by atoms with Crippen LogP contribution in [0.3, 0.4) is 0 Å². The molecule has 0 unspecified atom stereocenters. The van der Waals surface area contributed by atoms with Gasteiger partial charge in [0.2, 0.25) is 0 Å². The molecule has 1 aromatic heterocycles. The summed E-state index contributed by atoms with van der Waals surface area (Å²) in [6.07, 6.45) is 1.54. The molecule has 6 heteroatoms. The Morgan fingerprint density at radius 2 is 2.25 bits per heavy atom. The number of nitrogens with two attached hydrogens (primary N) is 1. The molecule has 0 radical (unpaired) electrons. The summed E-state index contributed by atoms with van der Waals surface area (Å²) in [4.78, 5) is 17.9. The largest absolute Gasteiger partial charge is 0.383 e. The van der Waals surface area contributed by atoms with Crippen LogP contribution in [0.2, 0.25) is 0 Å². The lowest BCUT2D eigenvalue weighted by Gasteiger charge is -2.23. The van der Waals surface area contributed by atoms with Crippen LogP contribution in [0.5, 0.6) is 0 Å². The third-order valence-electron chi connectivity index (χ3n) is 2.84. The lowest BCUT2D eigenvalue weighted by atomic mass is 10.2. The number of hydrogen-bond donors (Lipinski definition) is 2. The van der Waals surface area contributed by atoms with E-state index < -0.39 is 0 Å². The molecule has 0 bridgehead atoms. The molecule has 0 fully saturated rings. The van der Waals surface area contributed by atoms with E-state index in [0.717, 1.165) is 25.3 Å². The lowest BCUT2D eigenvalue weighted by molar-refractivity contribution is 0.0953. The highest BCUT2D eigenvalue weighted by molar-refractivity contribution is 5.93. The number of nitrogen functional groups attached to an aromatic ring is 1. The number of amides is 1. The molecule has 0 aliphatic heterocycles. The van der Waals surface area contributed by atoms with Crippen LogP contribution in [0.25, 0.3) is 0 Å². The summed E-state index contributed by atoms with van der Waals surface area (Å²) in [7, 11) is 1.70. The number of nitrogens with zero attached hydrogens (tertiary/aromatic N) is 2. The number of pyridine rings is 1. The smallest absolute Gasteiger partial charge is 0.266 e. The third-order valence-corrected chi connectivity index (χ3v) is 2.84. The number of rotatable bonds is 8. The van der Waals surface area contributed by atoms with Crippen molar-refractivity contribution in [3.05, 3.63) is 29.6 Å². The quantitative estimate of drug-likeness (QED) is 0.418. The maximum Gasteiger partial charge on any atom is 0.266 e. The second kappa shape index (κ2) is 8.63. The summed E-state index contributed by atoms with van der Waals surface area (Å²) in [5.41, 5.74) is 3.48. The fourth-order valence-electron chi connectivity index (χ4n) is 1.94. The molecule has 1 rings (SSSR count). The van der Waals surface area contributed by atoms with E-state index >= 15 is 0 Å². The fourth-order valence-corrected chi connectivity index (χ4v) is 1.94. The molecule has 0 aliphatic carbocycles. The number of nitrogens with one attached hydrogen (secondary N) is 1. The zero-order valence-electron chi connectivity index (χ0n) is 12.4. The molecule has 1 aromatic rings. The normalized spacial score (nSPS) is 11.1. The van der Waals surface area contributed by atoms with E-state index in [4.69, 9.17) is 10.6 Å². The topological polar surface area (TPSA) is 80.5 Å². The van der Waals surface area contributed by atoms with Crippen molar-refractivity contribution in [2.24, 2.45) is 11.8 Å². The molecular formula is C14H24N4O2. The highest BCUT2D eigenvalue weighted by Crippen LogP contribution is 2.07. The molecule has 0 atom stereocenters. The van der Waals surface area contributed by atoms with E-state index in [1.54, 1.807) is 19.4 Å². The van der Waals surface area contributed by atoms with Gasteiger partial charge in [-0.3, -0.25) is 20.1 Å². The lowest BCUT2D eigenvalue weighted by Crippen LogP contribution is -2.31. The maximum absolute atomic E-state index is 11.3. The van der Waals surface area contributed by atoms with E-state index in [1.165, 1.54) is 0 Å². The van der Waals surface area contributed by atoms with Crippen molar-refractivity contribution in [1.82, 2.24) is 15.3 Å². The molecule has 0 spiro atoms. The van der Waals surface area contributed by atoms with Crippen molar-refractivity contribution in [3.8, 4) is 0 Å². The Morgan fingerprint density at radius 1 is 1.50 bits per heavy atom. The highest BCUT2D eigenvalue weighted by Gasteiger charge is 2.10. The van der Waals surface area contributed by atoms with Gasteiger partial charge in [0, 0.05) is 32.9 Å². The zero-order valence-corrected chi connectivity index (χ0v) is 12.4. The molecular weight excluding hydrogens is 256 g/mol. The molecule has 0 saturated carbocycles. The van der Waals surface area contributed by atoms with Gasteiger partial charge in [-0.1, -0.05) is 13.8 Å². The number of ether oxygens (including phenoxy) is 1. The summed E-state index contributed by atoms with van der Waals surface area (Å²) >= 11 is 0. The number of hydrazine groups is 1. The van der Waals surface area contributed by atoms with Gasteiger partial charge in [-0.2, -0.15) is 0 Å². The van der Waals surface area contributed by atoms with Gasteiger partial charge in [-0.15, -0.1) is 0 Å². The number of carbonyl (C=O) groups is 1. The Morgan fingerprint density at radius 3 is 2.75 bits per heavy atom. The predicted molar refractivity (Wildman–Crippen MR) is 77.9 cm³/mol. The van der Waals surface area contributed by atoms with Crippen molar-refractivity contribution in [2.45, 2.75) is 20.4 Å². The van der Waals surface area contributed by atoms with Crippen LogP contribution in [0, 0.1) is 5.92 Å². The van der Waals surface area contributed by atoms with Gasteiger partial charge in [-0.05, 0) is 18.1 Å². The molecule has 1 heterocycles. The van der Waals surface area contributed by atoms with Crippen molar-refractivity contribution in [2.75, 3.05) is 26.8 Å². The van der Waals surface area contributed by atoms with Crippen molar-refractivity contribution in [3.63, 3.8) is 0 Å². The minimum absolute atomic E-state index is 0.331. The van der Waals surface area contributed by atoms with Crippen molar-refractivity contribution in [1.29, 1.82) is 0 Å². The Labute approximate surface area is 120 Å². The van der Waals surface area contributed by atoms with Crippen LogP contribution in [0.1, 0.15) is 29.9 Å². The number of methoxy groups -OCH3 is 1.